The van der Waals surface area contributed by atoms with Crippen LogP contribution in [0.2, 0.25) is 0 Å². The number of nitrogens with zero attached hydrogens (tertiary/aromatic N) is 4. The van der Waals surface area contributed by atoms with Crippen molar-refractivity contribution in [3.8, 4) is 16.8 Å². The van der Waals surface area contributed by atoms with Gasteiger partial charge in [0.2, 0.25) is 0 Å². The Labute approximate surface area is 316 Å². The molecule has 11 rings (SSSR count). The first-order chi connectivity index (χ1) is 27.3. The highest BCUT2D eigenvalue weighted by atomic mass is 32.1. The molecule has 0 atom stereocenters. The van der Waals surface area contributed by atoms with Crippen LogP contribution in [0.15, 0.2) is 158 Å². The smallest absolute Gasteiger partial charge is 0.195 e. The Morgan fingerprint density at radius 3 is 2.11 bits per heavy atom. The zero-order valence-corrected chi connectivity index (χ0v) is 30.7. The second-order valence-corrected chi connectivity index (χ2v) is 18.9. The van der Waals surface area contributed by atoms with Gasteiger partial charge in [-0.05, 0) is 98.7 Å². The van der Waals surface area contributed by atoms with Crippen molar-refractivity contribution in [1.29, 1.82) is 0 Å². The fourth-order valence-electron chi connectivity index (χ4n) is 8.81. The van der Waals surface area contributed by atoms with Gasteiger partial charge in [-0.3, -0.25) is 8.97 Å². The van der Waals surface area contributed by atoms with Gasteiger partial charge >= 0.3 is 0 Å². The Hall–Kier alpha value is -6.08. The molecule has 3 aromatic heterocycles. The van der Waals surface area contributed by atoms with Crippen LogP contribution in [0.1, 0.15) is 26.6 Å². The quantitative estimate of drug-likeness (QED) is 0.132. The van der Waals surface area contributed by atoms with Crippen LogP contribution in [-0.4, -0.2) is 27.0 Å². The number of rotatable bonds is 5. The molecule has 0 fully saturated rings. The number of benzene rings is 7. The zero-order chi connectivity index (χ0) is 37.8. The van der Waals surface area contributed by atoms with E-state index in [4.69, 9.17) is 14.1 Å². The summed E-state index contributed by atoms with van der Waals surface area (Å²) in [6, 6.07) is 56.3. The van der Waals surface area contributed by atoms with Gasteiger partial charge in [0.1, 0.15) is 5.82 Å². The van der Waals surface area contributed by atoms with Gasteiger partial charge in [0.15, 0.2) is 13.0 Å². The molecular weight excluding hydrogens is 681 g/mol. The number of aryl methyl sites for hydroxylation is 2. The summed E-state index contributed by atoms with van der Waals surface area (Å²) < 4.78 is 31.6. The molecule has 4 heterocycles. The summed E-state index contributed by atoms with van der Waals surface area (Å²) in [7, 11) is -3.04. The van der Waals surface area contributed by atoms with E-state index < -0.39 is 14.9 Å². The van der Waals surface area contributed by atoms with E-state index in [9.17, 15) is 0 Å². The highest BCUT2D eigenvalue weighted by molar-refractivity contribution is 7.23. The molecule has 0 amide bonds. The van der Waals surface area contributed by atoms with Crippen molar-refractivity contribution >= 4 is 77.4 Å². The van der Waals surface area contributed by atoms with E-state index in [1.165, 1.54) is 31.0 Å². The summed E-state index contributed by atoms with van der Waals surface area (Å²) in [5.74, 6) is 0.871. The first-order valence-electron chi connectivity index (χ1n) is 19.5. The fraction of sp³-hybridized carbons (Fsp3) is 0.0638. The average molecular weight is 718 g/mol. The summed E-state index contributed by atoms with van der Waals surface area (Å²) in [6.07, 6.45) is 0.673. The molecule has 7 aromatic carbocycles. The van der Waals surface area contributed by atoms with Crippen molar-refractivity contribution in [3.05, 3.63) is 180 Å². The van der Waals surface area contributed by atoms with Gasteiger partial charge in [-0.1, -0.05) is 133 Å². The highest BCUT2D eigenvalue weighted by Crippen LogP contribution is 2.36. The summed E-state index contributed by atoms with van der Waals surface area (Å²) in [5.41, 5.74) is 10.1. The van der Waals surface area contributed by atoms with Gasteiger partial charge in [0, 0.05) is 10.5 Å². The van der Waals surface area contributed by atoms with Gasteiger partial charge < -0.3 is 0 Å². The SMILES string of the molecule is [2H]C([2H])([2H])c1cc(-c2cccc([Si](c3ccccc3)(c3ccccc3)c3cc(C)c4nc5sc6ccccc6n5c4c3)c2)cc2c1nc1n2-c2ccccc2C1. The van der Waals surface area contributed by atoms with Crippen LogP contribution in [0.5, 0.6) is 0 Å². The van der Waals surface area contributed by atoms with E-state index in [1.807, 2.05) is 18.2 Å². The van der Waals surface area contributed by atoms with E-state index in [2.05, 4.69) is 155 Å². The second-order valence-electron chi connectivity index (χ2n) is 14.1. The van der Waals surface area contributed by atoms with Crippen LogP contribution < -0.4 is 20.7 Å². The summed E-state index contributed by atoms with van der Waals surface area (Å²) in [4.78, 5) is 11.1. The molecule has 1 aliphatic rings. The molecule has 252 valence electrons. The third-order valence-corrected chi connectivity index (χ3v) is 16.9. The van der Waals surface area contributed by atoms with Crippen LogP contribution in [0.25, 0.3) is 54.1 Å². The summed E-state index contributed by atoms with van der Waals surface area (Å²) >= 11 is 1.72. The largest absolute Gasteiger partial charge is 0.296 e. The van der Waals surface area contributed by atoms with Gasteiger partial charge in [0.05, 0.1) is 38.0 Å². The van der Waals surface area contributed by atoms with Crippen LogP contribution in [0.4, 0.5) is 0 Å². The van der Waals surface area contributed by atoms with Gasteiger partial charge in [-0.2, -0.15) is 0 Å². The van der Waals surface area contributed by atoms with Crippen molar-refractivity contribution in [1.82, 2.24) is 18.9 Å². The molecule has 53 heavy (non-hydrogen) atoms. The number of aromatic nitrogens is 4. The van der Waals surface area contributed by atoms with E-state index in [0.29, 0.717) is 11.9 Å². The minimum absolute atomic E-state index is 0.276. The number of hydrogen-bond acceptors (Lipinski definition) is 3. The van der Waals surface area contributed by atoms with Crippen LogP contribution in [0.3, 0.4) is 0 Å². The Kier molecular flexibility index (Phi) is 5.96. The zero-order valence-electron chi connectivity index (χ0n) is 31.9. The summed E-state index contributed by atoms with van der Waals surface area (Å²) in [5, 5.41) is 5.00. The van der Waals surface area contributed by atoms with E-state index in [0.717, 1.165) is 55.2 Å². The molecule has 1 aliphatic heterocycles. The number of para-hydroxylation sites is 2. The van der Waals surface area contributed by atoms with Crippen LogP contribution >= 0.6 is 11.3 Å². The molecule has 4 nitrogen and oxygen atoms in total. The van der Waals surface area contributed by atoms with Gasteiger partial charge in [-0.25, -0.2) is 9.97 Å². The standard InChI is InChI=1S/C47H34N4SSi/c1-30-24-34(27-41-45(30)48-44-28-33-14-9-10-21-39(33)50(41)44)32-15-13-20-37(26-32)53(35-16-5-3-6-17-35,36-18-7-4-8-19-36)38-25-31(2)46-42(29-38)51-40-22-11-12-23-43(40)52-47(51)49-46/h3-27,29H,28H2,1-2H3/i1D3. The topological polar surface area (TPSA) is 35.1 Å². The van der Waals surface area contributed by atoms with Crippen molar-refractivity contribution in [2.24, 2.45) is 0 Å². The fourth-order valence-corrected chi connectivity index (χ4v) is 14.7. The second kappa shape index (κ2) is 11.5. The van der Waals surface area contributed by atoms with Gasteiger partial charge in [-0.15, -0.1) is 0 Å². The lowest BCUT2D eigenvalue weighted by Gasteiger charge is -2.35. The highest BCUT2D eigenvalue weighted by Gasteiger charge is 2.42. The lowest BCUT2D eigenvalue weighted by molar-refractivity contribution is 1.02. The molecule has 0 bridgehead atoms. The lowest BCUT2D eigenvalue weighted by atomic mass is 10.0. The number of hydrogen-bond donors (Lipinski definition) is 0. The lowest BCUT2D eigenvalue weighted by Crippen LogP contribution is -2.74. The molecule has 6 heteroatoms. The maximum absolute atomic E-state index is 8.65. The monoisotopic (exact) mass is 717 g/mol. The third kappa shape index (κ3) is 4.40. The minimum atomic E-state index is -3.04. The molecule has 0 unspecified atom stereocenters. The molecule has 0 saturated carbocycles. The molecule has 0 saturated heterocycles. The average Bonchev–Trinajstić information content (AvgIpc) is 3.97. The third-order valence-electron chi connectivity index (χ3n) is 11.1. The molecule has 0 N–H and O–H groups in total. The van der Waals surface area contributed by atoms with Crippen LogP contribution in [0, 0.1) is 13.8 Å². The van der Waals surface area contributed by atoms with Crippen molar-refractivity contribution in [2.75, 3.05) is 0 Å². The number of fused-ring (bicyclic) bond motifs is 10. The first kappa shape index (κ1) is 27.6. The number of thiazole rings is 1. The van der Waals surface area contributed by atoms with E-state index in [1.54, 1.807) is 11.3 Å². The molecular formula is C47H34N4SSi. The maximum Gasteiger partial charge on any atom is 0.195 e. The molecule has 10 aromatic rings. The minimum Gasteiger partial charge on any atom is -0.296 e. The number of imidazole rings is 2. The van der Waals surface area contributed by atoms with Crippen molar-refractivity contribution in [2.45, 2.75) is 20.2 Å². The maximum atomic E-state index is 8.65. The van der Waals surface area contributed by atoms with Crippen molar-refractivity contribution < 1.29 is 4.11 Å². The predicted molar refractivity (Wildman–Crippen MR) is 224 cm³/mol. The molecule has 0 spiro atoms. The molecule has 0 aliphatic carbocycles. The van der Waals surface area contributed by atoms with Crippen LogP contribution in [-0.2, 0) is 6.42 Å². The van der Waals surface area contributed by atoms with Crippen molar-refractivity contribution in [3.63, 3.8) is 0 Å². The Morgan fingerprint density at radius 2 is 1.30 bits per heavy atom. The van der Waals surface area contributed by atoms with Gasteiger partial charge in [0.25, 0.3) is 0 Å². The Bertz CT molecular complexity index is 3140. The predicted octanol–water partition coefficient (Wildman–Crippen LogP) is 8.61. The summed E-state index contributed by atoms with van der Waals surface area (Å²) in [6.45, 7) is -0.159. The molecule has 0 radical (unpaired) electrons. The Balaban J connectivity index is 1.20. The Morgan fingerprint density at radius 1 is 0.585 bits per heavy atom. The first-order valence-corrected chi connectivity index (χ1v) is 20.8. The van der Waals surface area contributed by atoms with E-state index in [-0.39, 0.29) is 5.56 Å². The normalized spacial score (nSPS) is 13.7. The van der Waals surface area contributed by atoms with E-state index >= 15 is 0 Å².